The van der Waals surface area contributed by atoms with Crippen molar-refractivity contribution in [1.29, 1.82) is 0 Å². The molecule has 3 aromatic rings. The van der Waals surface area contributed by atoms with Crippen molar-refractivity contribution in [2.75, 3.05) is 11.9 Å². The number of amides is 1. The molecule has 0 spiro atoms. The van der Waals surface area contributed by atoms with Crippen LogP contribution >= 0.6 is 11.3 Å². The standard InChI is InChI=1S/C19H21N3OS/c1-2-20-13-4-6-18-16(10-13)15-9-12(3-5-17(15)22-18)19(23)21-14-7-8-24-11-14/h3,5,7-9,11,13,20,22H,2,4,6,10H2,1H3,(H,21,23). The van der Waals surface area contributed by atoms with Crippen molar-refractivity contribution in [3.8, 4) is 0 Å². The van der Waals surface area contributed by atoms with Crippen molar-refractivity contribution in [3.05, 3.63) is 51.8 Å². The second-order valence-corrected chi connectivity index (χ2v) is 7.09. The number of carbonyl (C=O) groups excluding carboxylic acids is 1. The van der Waals surface area contributed by atoms with E-state index in [1.165, 1.54) is 23.1 Å². The monoisotopic (exact) mass is 339 g/mol. The van der Waals surface area contributed by atoms with Crippen LogP contribution in [-0.4, -0.2) is 23.5 Å². The van der Waals surface area contributed by atoms with Crippen LogP contribution in [0, 0.1) is 0 Å². The largest absolute Gasteiger partial charge is 0.358 e. The molecule has 1 aliphatic carbocycles. The van der Waals surface area contributed by atoms with E-state index in [1.54, 1.807) is 11.3 Å². The van der Waals surface area contributed by atoms with Gasteiger partial charge in [-0.1, -0.05) is 6.92 Å². The first-order valence-corrected chi connectivity index (χ1v) is 9.39. The summed E-state index contributed by atoms with van der Waals surface area (Å²) in [5.74, 6) is -0.0516. The van der Waals surface area contributed by atoms with Crippen molar-refractivity contribution in [1.82, 2.24) is 10.3 Å². The van der Waals surface area contributed by atoms with Gasteiger partial charge in [-0.25, -0.2) is 0 Å². The summed E-state index contributed by atoms with van der Waals surface area (Å²) in [7, 11) is 0. The van der Waals surface area contributed by atoms with Gasteiger partial charge in [-0.05, 0) is 61.0 Å². The zero-order valence-electron chi connectivity index (χ0n) is 13.7. The summed E-state index contributed by atoms with van der Waals surface area (Å²) in [6, 6.07) is 8.40. The summed E-state index contributed by atoms with van der Waals surface area (Å²) in [6.07, 6.45) is 3.26. The van der Waals surface area contributed by atoms with E-state index in [0.29, 0.717) is 11.6 Å². The molecule has 4 nitrogen and oxygen atoms in total. The molecule has 1 aromatic carbocycles. The zero-order valence-corrected chi connectivity index (χ0v) is 14.5. The van der Waals surface area contributed by atoms with Gasteiger partial charge < -0.3 is 15.6 Å². The number of hydrogen-bond acceptors (Lipinski definition) is 3. The van der Waals surface area contributed by atoms with Gasteiger partial charge in [0.15, 0.2) is 0 Å². The van der Waals surface area contributed by atoms with Crippen LogP contribution in [0.4, 0.5) is 5.69 Å². The fourth-order valence-corrected chi connectivity index (χ4v) is 4.15. The maximum Gasteiger partial charge on any atom is 0.255 e. The van der Waals surface area contributed by atoms with E-state index in [9.17, 15) is 4.79 Å². The van der Waals surface area contributed by atoms with Crippen LogP contribution in [0.3, 0.4) is 0 Å². The quantitative estimate of drug-likeness (QED) is 0.674. The van der Waals surface area contributed by atoms with Gasteiger partial charge in [-0.2, -0.15) is 11.3 Å². The highest BCUT2D eigenvalue weighted by Gasteiger charge is 2.22. The average molecular weight is 339 g/mol. The molecule has 0 fully saturated rings. The van der Waals surface area contributed by atoms with E-state index < -0.39 is 0 Å². The van der Waals surface area contributed by atoms with Crippen LogP contribution in [0.15, 0.2) is 35.0 Å². The maximum absolute atomic E-state index is 12.5. The Bertz CT molecular complexity index is 866. The minimum Gasteiger partial charge on any atom is -0.358 e. The van der Waals surface area contributed by atoms with Gasteiger partial charge in [0, 0.05) is 33.6 Å². The number of hydrogen-bond donors (Lipinski definition) is 3. The maximum atomic E-state index is 12.5. The van der Waals surface area contributed by atoms with Crippen LogP contribution in [0.2, 0.25) is 0 Å². The molecule has 1 unspecified atom stereocenters. The molecule has 1 atom stereocenters. The van der Waals surface area contributed by atoms with E-state index >= 15 is 0 Å². The molecule has 124 valence electrons. The number of aryl methyl sites for hydroxylation is 1. The van der Waals surface area contributed by atoms with E-state index in [2.05, 4.69) is 22.5 Å². The number of carbonyl (C=O) groups is 1. The highest BCUT2D eigenvalue weighted by molar-refractivity contribution is 7.08. The molecule has 0 aliphatic heterocycles. The molecule has 2 aromatic heterocycles. The molecule has 4 rings (SSSR count). The van der Waals surface area contributed by atoms with Crippen molar-refractivity contribution in [2.45, 2.75) is 32.2 Å². The first-order valence-electron chi connectivity index (χ1n) is 8.45. The van der Waals surface area contributed by atoms with Crippen molar-refractivity contribution in [2.24, 2.45) is 0 Å². The lowest BCUT2D eigenvalue weighted by molar-refractivity contribution is 0.102. The van der Waals surface area contributed by atoms with Crippen molar-refractivity contribution < 1.29 is 4.79 Å². The van der Waals surface area contributed by atoms with Crippen LogP contribution in [-0.2, 0) is 12.8 Å². The van der Waals surface area contributed by atoms with Gasteiger partial charge in [0.05, 0.1) is 5.69 Å². The van der Waals surface area contributed by atoms with E-state index in [4.69, 9.17) is 0 Å². The SMILES string of the molecule is CCNC1CCc2[nH]c3ccc(C(=O)Nc4ccsc4)cc3c2C1. The van der Waals surface area contributed by atoms with Gasteiger partial charge in [-0.15, -0.1) is 0 Å². The van der Waals surface area contributed by atoms with Crippen LogP contribution in [0.25, 0.3) is 10.9 Å². The van der Waals surface area contributed by atoms with Gasteiger partial charge in [-0.3, -0.25) is 4.79 Å². The predicted octanol–water partition coefficient (Wildman–Crippen LogP) is 3.95. The second-order valence-electron chi connectivity index (χ2n) is 6.31. The third kappa shape index (κ3) is 2.85. The zero-order chi connectivity index (χ0) is 16.5. The number of nitrogens with one attached hydrogen (secondary N) is 3. The summed E-state index contributed by atoms with van der Waals surface area (Å²) in [5.41, 5.74) is 5.39. The van der Waals surface area contributed by atoms with Crippen molar-refractivity contribution >= 4 is 33.8 Å². The lowest BCUT2D eigenvalue weighted by Crippen LogP contribution is -2.34. The minimum atomic E-state index is -0.0516. The number of thiophene rings is 1. The molecule has 0 radical (unpaired) electrons. The first-order chi connectivity index (χ1) is 11.7. The Balaban J connectivity index is 1.65. The molecule has 1 amide bonds. The third-order valence-electron chi connectivity index (χ3n) is 4.72. The molecular formula is C19H21N3OS. The lowest BCUT2D eigenvalue weighted by atomic mass is 9.91. The molecule has 0 saturated heterocycles. The molecule has 24 heavy (non-hydrogen) atoms. The Morgan fingerprint density at radius 3 is 3.08 bits per heavy atom. The van der Waals surface area contributed by atoms with Gasteiger partial charge in [0.1, 0.15) is 0 Å². The highest BCUT2D eigenvalue weighted by Crippen LogP contribution is 2.30. The molecule has 2 heterocycles. The first kappa shape index (κ1) is 15.4. The Labute approximate surface area is 145 Å². The summed E-state index contributed by atoms with van der Waals surface area (Å²) >= 11 is 1.58. The van der Waals surface area contributed by atoms with Crippen LogP contribution < -0.4 is 10.6 Å². The van der Waals surface area contributed by atoms with Crippen LogP contribution in [0.5, 0.6) is 0 Å². The Morgan fingerprint density at radius 2 is 2.29 bits per heavy atom. The second kappa shape index (κ2) is 6.42. The Hall–Kier alpha value is -2.11. The van der Waals surface area contributed by atoms with E-state index in [1.807, 2.05) is 35.0 Å². The average Bonchev–Trinajstić information content (AvgIpc) is 3.22. The predicted molar refractivity (Wildman–Crippen MR) is 100 cm³/mol. The summed E-state index contributed by atoms with van der Waals surface area (Å²) in [6.45, 7) is 3.15. The molecular weight excluding hydrogens is 318 g/mol. The number of fused-ring (bicyclic) bond motifs is 3. The third-order valence-corrected chi connectivity index (χ3v) is 5.41. The Morgan fingerprint density at radius 1 is 1.38 bits per heavy atom. The number of aromatic nitrogens is 1. The summed E-state index contributed by atoms with van der Waals surface area (Å²) < 4.78 is 0. The number of likely N-dealkylation sites (N-methyl/N-ethyl adjacent to an activating group) is 1. The summed E-state index contributed by atoms with van der Waals surface area (Å²) in [4.78, 5) is 16.0. The van der Waals surface area contributed by atoms with Crippen LogP contribution in [0.1, 0.15) is 35.0 Å². The number of aromatic amines is 1. The van der Waals surface area contributed by atoms with Crippen molar-refractivity contribution in [3.63, 3.8) is 0 Å². The fourth-order valence-electron chi connectivity index (χ4n) is 3.56. The molecule has 0 bridgehead atoms. The van der Waals surface area contributed by atoms with E-state index in [0.717, 1.165) is 30.6 Å². The molecule has 0 saturated carbocycles. The Kier molecular flexibility index (Phi) is 4.12. The molecule has 3 N–H and O–H groups in total. The smallest absolute Gasteiger partial charge is 0.255 e. The summed E-state index contributed by atoms with van der Waals surface area (Å²) in [5, 5.41) is 11.6. The number of H-pyrrole nitrogens is 1. The molecule has 5 heteroatoms. The highest BCUT2D eigenvalue weighted by atomic mass is 32.1. The normalized spacial score (nSPS) is 17.0. The van der Waals surface area contributed by atoms with Gasteiger partial charge >= 0.3 is 0 Å². The number of benzene rings is 1. The number of rotatable bonds is 4. The molecule has 1 aliphatic rings. The fraction of sp³-hybridized carbons (Fsp3) is 0.316. The van der Waals surface area contributed by atoms with Gasteiger partial charge in [0.2, 0.25) is 0 Å². The van der Waals surface area contributed by atoms with E-state index in [-0.39, 0.29) is 5.91 Å². The number of anilines is 1. The topological polar surface area (TPSA) is 56.9 Å². The van der Waals surface area contributed by atoms with Gasteiger partial charge in [0.25, 0.3) is 5.91 Å². The minimum absolute atomic E-state index is 0.0516. The lowest BCUT2D eigenvalue weighted by Gasteiger charge is -2.23.